The zero-order chi connectivity index (χ0) is 15.8. The highest BCUT2D eigenvalue weighted by molar-refractivity contribution is 7.92. The molecule has 0 aromatic carbocycles. The Morgan fingerprint density at radius 2 is 2.05 bits per heavy atom. The lowest BCUT2D eigenvalue weighted by Gasteiger charge is -2.40. The summed E-state index contributed by atoms with van der Waals surface area (Å²) in [7, 11) is -3.45. The van der Waals surface area contributed by atoms with E-state index in [9.17, 15) is 13.2 Å². The first-order chi connectivity index (χ1) is 9.64. The number of amides is 1. The van der Waals surface area contributed by atoms with Gasteiger partial charge in [0.1, 0.15) is 4.75 Å². The number of rotatable bonds is 3. The minimum absolute atomic E-state index is 0.139. The van der Waals surface area contributed by atoms with Crippen LogP contribution in [0.5, 0.6) is 0 Å². The van der Waals surface area contributed by atoms with Crippen molar-refractivity contribution in [3.05, 3.63) is 18.7 Å². The largest absolute Gasteiger partial charge is 0.339 e. The number of carbonyl (C=O) groups excluding carboxylic acids is 1. The van der Waals surface area contributed by atoms with Gasteiger partial charge in [-0.05, 0) is 26.2 Å². The zero-order valence-electron chi connectivity index (χ0n) is 13.0. The molecule has 1 fully saturated rings. The molecule has 1 amide bonds. The van der Waals surface area contributed by atoms with Gasteiger partial charge in [0.2, 0.25) is 5.91 Å². The minimum Gasteiger partial charge on any atom is -0.339 e. The molecule has 0 aliphatic carbocycles. The molecule has 6 nitrogen and oxygen atoms in total. The van der Waals surface area contributed by atoms with Crippen molar-refractivity contribution in [2.75, 3.05) is 19.3 Å². The number of aromatic nitrogens is 2. The topological polar surface area (TPSA) is 72.3 Å². The number of sulfone groups is 1. The molecule has 0 N–H and O–H groups in total. The van der Waals surface area contributed by atoms with E-state index in [0.717, 1.165) is 12.7 Å². The van der Waals surface area contributed by atoms with Gasteiger partial charge in [-0.2, -0.15) is 0 Å². The SMILES string of the molecule is CC1CCN(C(=O)C(C)(C)S(C)(=O)=O)CC1n1ccnc1. The van der Waals surface area contributed by atoms with Crippen molar-refractivity contribution in [2.45, 2.75) is 38.0 Å². The van der Waals surface area contributed by atoms with Gasteiger partial charge in [0.25, 0.3) is 0 Å². The second kappa shape index (κ2) is 5.44. The Hall–Kier alpha value is -1.37. The average molecular weight is 313 g/mol. The quantitative estimate of drug-likeness (QED) is 0.838. The third-order valence-electron chi connectivity index (χ3n) is 4.56. The van der Waals surface area contributed by atoms with E-state index in [1.165, 1.54) is 13.8 Å². The van der Waals surface area contributed by atoms with E-state index in [0.29, 0.717) is 19.0 Å². The van der Waals surface area contributed by atoms with E-state index in [4.69, 9.17) is 0 Å². The first kappa shape index (κ1) is 16.0. The molecular weight excluding hydrogens is 290 g/mol. The highest BCUT2D eigenvalue weighted by atomic mass is 32.2. The van der Waals surface area contributed by atoms with Gasteiger partial charge in [0, 0.05) is 31.7 Å². The van der Waals surface area contributed by atoms with Crippen molar-refractivity contribution >= 4 is 15.7 Å². The molecule has 1 aromatic heterocycles. The number of nitrogens with zero attached hydrogens (tertiary/aromatic N) is 3. The van der Waals surface area contributed by atoms with Gasteiger partial charge in [-0.3, -0.25) is 4.79 Å². The summed E-state index contributed by atoms with van der Waals surface area (Å²) in [4.78, 5) is 18.3. The monoisotopic (exact) mass is 313 g/mol. The van der Waals surface area contributed by atoms with Crippen molar-refractivity contribution in [1.82, 2.24) is 14.5 Å². The van der Waals surface area contributed by atoms with Gasteiger partial charge in [-0.1, -0.05) is 6.92 Å². The molecule has 118 valence electrons. The lowest BCUT2D eigenvalue weighted by Crippen LogP contribution is -2.53. The number of carbonyl (C=O) groups is 1. The number of likely N-dealkylation sites (tertiary alicyclic amines) is 1. The van der Waals surface area contributed by atoms with Crippen molar-refractivity contribution in [2.24, 2.45) is 5.92 Å². The van der Waals surface area contributed by atoms with Gasteiger partial charge in [-0.15, -0.1) is 0 Å². The van der Waals surface area contributed by atoms with Crippen LogP contribution in [-0.2, 0) is 14.6 Å². The van der Waals surface area contributed by atoms with Crippen molar-refractivity contribution in [3.63, 3.8) is 0 Å². The van der Waals surface area contributed by atoms with Crippen LogP contribution in [0.1, 0.15) is 33.2 Å². The van der Waals surface area contributed by atoms with E-state index in [2.05, 4.69) is 11.9 Å². The van der Waals surface area contributed by atoms with Crippen LogP contribution in [0.15, 0.2) is 18.7 Å². The summed E-state index contributed by atoms with van der Waals surface area (Å²) in [5.41, 5.74) is 0. The molecule has 0 radical (unpaired) electrons. The summed E-state index contributed by atoms with van der Waals surface area (Å²) < 4.78 is 24.3. The van der Waals surface area contributed by atoms with Crippen LogP contribution in [0.25, 0.3) is 0 Å². The third-order valence-corrected chi connectivity index (χ3v) is 6.58. The number of imidazole rings is 1. The normalized spacial score (nSPS) is 24.1. The summed E-state index contributed by atoms with van der Waals surface area (Å²) in [6.45, 7) is 6.23. The smallest absolute Gasteiger partial charge is 0.243 e. The molecule has 0 bridgehead atoms. The Morgan fingerprint density at radius 3 is 2.57 bits per heavy atom. The van der Waals surface area contributed by atoms with E-state index < -0.39 is 14.6 Å². The van der Waals surface area contributed by atoms with Crippen molar-refractivity contribution in [3.8, 4) is 0 Å². The Bertz CT molecular complexity index is 607. The predicted octanol–water partition coefficient (Wildman–Crippen LogP) is 1.12. The summed E-state index contributed by atoms with van der Waals surface area (Å²) >= 11 is 0. The molecule has 2 rings (SSSR count). The number of piperidine rings is 1. The first-order valence-corrected chi connectivity index (χ1v) is 9.00. The predicted molar refractivity (Wildman–Crippen MR) is 80.5 cm³/mol. The molecule has 1 aromatic rings. The molecule has 21 heavy (non-hydrogen) atoms. The second-order valence-electron chi connectivity index (χ2n) is 6.38. The van der Waals surface area contributed by atoms with Gasteiger partial charge in [0.15, 0.2) is 9.84 Å². The first-order valence-electron chi connectivity index (χ1n) is 7.11. The minimum atomic E-state index is -3.45. The molecule has 1 aliphatic rings. The summed E-state index contributed by atoms with van der Waals surface area (Å²) in [6.07, 6.45) is 7.32. The Labute approximate surface area is 126 Å². The number of hydrogen-bond donors (Lipinski definition) is 0. The van der Waals surface area contributed by atoms with Crippen molar-refractivity contribution in [1.29, 1.82) is 0 Å². The van der Waals surface area contributed by atoms with E-state index in [1.807, 2.05) is 10.8 Å². The Morgan fingerprint density at radius 1 is 1.38 bits per heavy atom. The zero-order valence-corrected chi connectivity index (χ0v) is 13.8. The molecule has 0 saturated carbocycles. The maximum absolute atomic E-state index is 12.6. The molecule has 1 saturated heterocycles. The molecular formula is C14H23N3O3S. The third kappa shape index (κ3) is 2.97. The van der Waals surface area contributed by atoms with E-state index in [1.54, 1.807) is 17.4 Å². The van der Waals surface area contributed by atoms with E-state index in [-0.39, 0.29) is 11.9 Å². The fourth-order valence-corrected chi connectivity index (χ4v) is 3.07. The van der Waals surface area contributed by atoms with E-state index >= 15 is 0 Å². The van der Waals surface area contributed by atoms with Crippen LogP contribution < -0.4 is 0 Å². The van der Waals surface area contributed by atoms with Crippen LogP contribution >= 0.6 is 0 Å². The molecule has 1 aliphatic heterocycles. The van der Waals surface area contributed by atoms with Crippen LogP contribution in [-0.4, -0.2) is 52.9 Å². The standard InChI is InChI=1S/C14H23N3O3S/c1-11-5-7-16(9-12(11)17-8-6-15-10-17)13(18)14(2,3)21(4,19)20/h6,8,10-12H,5,7,9H2,1-4H3. The fourth-order valence-electron chi connectivity index (χ4n) is 2.63. The maximum Gasteiger partial charge on any atom is 0.243 e. The van der Waals surface area contributed by atoms with Gasteiger partial charge >= 0.3 is 0 Å². The average Bonchev–Trinajstić information content (AvgIpc) is 2.91. The fraction of sp³-hybridized carbons (Fsp3) is 0.714. The highest BCUT2D eigenvalue weighted by Crippen LogP contribution is 2.30. The van der Waals surface area contributed by atoms with Gasteiger partial charge in [-0.25, -0.2) is 13.4 Å². The Balaban J connectivity index is 2.21. The molecule has 7 heteroatoms. The maximum atomic E-state index is 12.6. The number of hydrogen-bond acceptors (Lipinski definition) is 4. The summed E-state index contributed by atoms with van der Waals surface area (Å²) in [5.74, 6) is 0.103. The summed E-state index contributed by atoms with van der Waals surface area (Å²) in [5, 5.41) is 0. The van der Waals surface area contributed by atoms with Crippen molar-refractivity contribution < 1.29 is 13.2 Å². The second-order valence-corrected chi connectivity index (χ2v) is 8.94. The van der Waals surface area contributed by atoms with Crippen LogP contribution in [0.2, 0.25) is 0 Å². The lowest BCUT2D eigenvalue weighted by molar-refractivity contribution is -0.135. The van der Waals surface area contributed by atoms with Crippen LogP contribution in [0.4, 0.5) is 0 Å². The molecule has 2 unspecified atom stereocenters. The molecule has 2 atom stereocenters. The van der Waals surface area contributed by atoms with Gasteiger partial charge < -0.3 is 9.47 Å². The van der Waals surface area contributed by atoms with Crippen LogP contribution in [0, 0.1) is 5.92 Å². The lowest BCUT2D eigenvalue weighted by atomic mass is 9.92. The highest BCUT2D eigenvalue weighted by Gasteiger charge is 2.43. The summed E-state index contributed by atoms with van der Waals surface area (Å²) in [6, 6.07) is 0.139. The molecule has 2 heterocycles. The molecule has 0 spiro atoms. The Kier molecular flexibility index (Phi) is 4.15. The van der Waals surface area contributed by atoms with Crippen LogP contribution in [0.3, 0.4) is 0 Å². The van der Waals surface area contributed by atoms with Gasteiger partial charge in [0.05, 0.1) is 12.4 Å².